The third-order valence-electron chi connectivity index (χ3n) is 2.52. The maximum atomic E-state index is 5.68. The van der Waals surface area contributed by atoms with Crippen LogP contribution in [0.3, 0.4) is 0 Å². The first kappa shape index (κ1) is 10.7. The third-order valence-corrected chi connectivity index (χ3v) is 2.52. The van der Waals surface area contributed by atoms with Crippen LogP contribution in [0.15, 0.2) is 36.8 Å². The van der Waals surface area contributed by atoms with E-state index in [1.807, 2.05) is 24.3 Å². The van der Waals surface area contributed by atoms with Crippen molar-refractivity contribution in [2.75, 3.05) is 0 Å². The summed E-state index contributed by atoms with van der Waals surface area (Å²) < 4.78 is 0. The van der Waals surface area contributed by atoms with Crippen molar-refractivity contribution < 1.29 is 0 Å². The molecule has 4 nitrogen and oxygen atoms in total. The van der Waals surface area contributed by atoms with Crippen molar-refractivity contribution in [2.24, 2.45) is 11.5 Å². The summed E-state index contributed by atoms with van der Waals surface area (Å²) in [4.78, 5) is 8.09. The Bertz CT molecular complexity index is 468. The van der Waals surface area contributed by atoms with Gasteiger partial charge in [0.05, 0.1) is 5.69 Å². The van der Waals surface area contributed by atoms with Crippen molar-refractivity contribution in [3.8, 4) is 11.3 Å². The van der Waals surface area contributed by atoms with Crippen LogP contribution >= 0.6 is 0 Å². The van der Waals surface area contributed by atoms with E-state index in [1.54, 1.807) is 6.20 Å². The lowest BCUT2D eigenvalue weighted by Gasteiger charge is -2.08. The van der Waals surface area contributed by atoms with Crippen LogP contribution in [0.2, 0.25) is 0 Å². The van der Waals surface area contributed by atoms with Crippen molar-refractivity contribution >= 4 is 0 Å². The lowest BCUT2D eigenvalue weighted by molar-refractivity contribution is 0.979. The zero-order chi connectivity index (χ0) is 11.4. The topological polar surface area (TPSA) is 77.8 Å². The molecular formula is C12H14N4. The minimum absolute atomic E-state index is 0.492. The Balaban J connectivity index is 2.44. The summed E-state index contributed by atoms with van der Waals surface area (Å²) in [6.07, 6.45) is 3.26. The second-order valence-electron chi connectivity index (χ2n) is 3.49. The Labute approximate surface area is 94.3 Å². The van der Waals surface area contributed by atoms with Crippen LogP contribution in [0.25, 0.3) is 11.3 Å². The zero-order valence-electron chi connectivity index (χ0n) is 8.93. The molecule has 4 N–H and O–H groups in total. The smallest absolute Gasteiger partial charge is 0.116 e. The molecule has 1 heterocycles. The summed E-state index contributed by atoms with van der Waals surface area (Å²) in [5.41, 5.74) is 15.4. The van der Waals surface area contributed by atoms with Crippen molar-refractivity contribution in [3.63, 3.8) is 0 Å². The SMILES string of the molecule is NCc1ccc(-c2ccncn2)cc1CN. The Morgan fingerprint density at radius 3 is 2.44 bits per heavy atom. The Kier molecular flexibility index (Phi) is 3.24. The molecule has 0 aliphatic heterocycles. The first-order valence-corrected chi connectivity index (χ1v) is 5.13. The fourth-order valence-corrected chi connectivity index (χ4v) is 1.64. The van der Waals surface area contributed by atoms with Gasteiger partial charge in [-0.25, -0.2) is 9.97 Å². The molecule has 4 heteroatoms. The van der Waals surface area contributed by atoms with Crippen LogP contribution in [-0.4, -0.2) is 9.97 Å². The molecule has 0 bridgehead atoms. The van der Waals surface area contributed by atoms with E-state index in [4.69, 9.17) is 11.5 Å². The van der Waals surface area contributed by atoms with E-state index in [2.05, 4.69) is 9.97 Å². The van der Waals surface area contributed by atoms with Crippen LogP contribution in [0, 0.1) is 0 Å². The van der Waals surface area contributed by atoms with Gasteiger partial charge in [-0.15, -0.1) is 0 Å². The predicted molar refractivity (Wildman–Crippen MR) is 63.3 cm³/mol. The maximum Gasteiger partial charge on any atom is 0.116 e. The van der Waals surface area contributed by atoms with Gasteiger partial charge < -0.3 is 11.5 Å². The van der Waals surface area contributed by atoms with Gasteiger partial charge in [0.2, 0.25) is 0 Å². The lowest BCUT2D eigenvalue weighted by atomic mass is 10.0. The van der Waals surface area contributed by atoms with Gasteiger partial charge in [0.25, 0.3) is 0 Å². The van der Waals surface area contributed by atoms with Gasteiger partial charge in [-0.3, -0.25) is 0 Å². The second kappa shape index (κ2) is 4.83. The van der Waals surface area contributed by atoms with E-state index in [1.165, 1.54) is 6.33 Å². The lowest BCUT2D eigenvalue weighted by Crippen LogP contribution is -2.06. The third kappa shape index (κ3) is 2.08. The monoisotopic (exact) mass is 214 g/mol. The minimum Gasteiger partial charge on any atom is -0.326 e. The highest BCUT2D eigenvalue weighted by molar-refractivity contribution is 5.60. The highest BCUT2D eigenvalue weighted by Gasteiger charge is 2.03. The molecule has 0 aliphatic carbocycles. The molecule has 0 fully saturated rings. The number of aromatic nitrogens is 2. The minimum atomic E-state index is 0.492. The average molecular weight is 214 g/mol. The summed E-state index contributed by atoms with van der Waals surface area (Å²) in [5, 5.41) is 0. The predicted octanol–water partition coefficient (Wildman–Crippen LogP) is 1.06. The van der Waals surface area contributed by atoms with Crippen molar-refractivity contribution in [2.45, 2.75) is 13.1 Å². The van der Waals surface area contributed by atoms with E-state index < -0.39 is 0 Å². The van der Waals surface area contributed by atoms with E-state index in [9.17, 15) is 0 Å². The molecular weight excluding hydrogens is 200 g/mol. The van der Waals surface area contributed by atoms with Crippen LogP contribution in [0.1, 0.15) is 11.1 Å². The van der Waals surface area contributed by atoms with Gasteiger partial charge in [0.15, 0.2) is 0 Å². The number of benzene rings is 1. The molecule has 0 aliphatic rings. The molecule has 0 unspecified atom stereocenters. The molecule has 1 aromatic carbocycles. The van der Waals surface area contributed by atoms with Crippen LogP contribution in [0.4, 0.5) is 0 Å². The molecule has 0 saturated carbocycles. The van der Waals surface area contributed by atoms with Crippen LogP contribution in [-0.2, 0) is 13.1 Å². The Morgan fingerprint density at radius 2 is 1.81 bits per heavy atom. The van der Waals surface area contributed by atoms with Crippen molar-refractivity contribution in [3.05, 3.63) is 47.9 Å². The van der Waals surface area contributed by atoms with Crippen LogP contribution < -0.4 is 11.5 Å². The normalized spacial score (nSPS) is 10.4. The maximum absolute atomic E-state index is 5.68. The first-order chi connectivity index (χ1) is 7.85. The summed E-state index contributed by atoms with van der Waals surface area (Å²) in [6, 6.07) is 7.91. The number of hydrogen-bond donors (Lipinski definition) is 2. The molecule has 0 saturated heterocycles. The summed E-state index contributed by atoms with van der Waals surface area (Å²) >= 11 is 0. The summed E-state index contributed by atoms with van der Waals surface area (Å²) in [7, 11) is 0. The summed E-state index contributed by atoms with van der Waals surface area (Å²) in [5.74, 6) is 0. The molecule has 0 amide bonds. The molecule has 82 valence electrons. The molecule has 2 aromatic rings. The van der Waals surface area contributed by atoms with E-state index in [0.717, 1.165) is 22.4 Å². The second-order valence-corrected chi connectivity index (χ2v) is 3.49. The standard InChI is InChI=1S/C12H14N4/c13-6-10-2-1-9(5-11(10)7-14)12-3-4-15-8-16-12/h1-5,8H,6-7,13-14H2. The van der Waals surface area contributed by atoms with Gasteiger partial charge in [0.1, 0.15) is 6.33 Å². The van der Waals surface area contributed by atoms with E-state index >= 15 is 0 Å². The Hall–Kier alpha value is -1.78. The van der Waals surface area contributed by atoms with Gasteiger partial charge in [0, 0.05) is 24.8 Å². The highest BCUT2D eigenvalue weighted by Crippen LogP contribution is 2.19. The molecule has 16 heavy (non-hydrogen) atoms. The van der Waals surface area contributed by atoms with Gasteiger partial charge in [-0.2, -0.15) is 0 Å². The van der Waals surface area contributed by atoms with Gasteiger partial charge >= 0.3 is 0 Å². The average Bonchev–Trinajstić information content (AvgIpc) is 2.39. The van der Waals surface area contributed by atoms with E-state index in [0.29, 0.717) is 13.1 Å². The molecule has 2 rings (SSSR count). The Morgan fingerprint density at radius 1 is 1.00 bits per heavy atom. The van der Waals surface area contributed by atoms with Crippen molar-refractivity contribution in [1.29, 1.82) is 0 Å². The van der Waals surface area contributed by atoms with Crippen LogP contribution in [0.5, 0.6) is 0 Å². The highest BCUT2D eigenvalue weighted by atomic mass is 14.8. The number of nitrogens with zero attached hydrogens (tertiary/aromatic N) is 2. The molecule has 1 aromatic heterocycles. The fraction of sp³-hybridized carbons (Fsp3) is 0.167. The van der Waals surface area contributed by atoms with E-state index in [-0.39, 0.29) is 0 Å². The van der Waals surface area contributed by atoms with Crippen molar-refractivity contribution in [1.82, 2.24) is 9.97 Å². The molecule has 0 spiro atoms. The summed E-state index contributed by atoms with van der Waals surface area (Å²) in [6.45, 7) is 1.00. The van der Waals surface area contributed by atoms with Gasteiger partial charge in [-0.05, 0) is 23.3 Å². The number of rotatable bonds is 3. The van der Waals surface area contributed by atoms with Gasteiger partial charge in [-0.1, -0.05) is 12.1 Å². The number of hydrogen-bond acceptors (Lipinski definition) is 4. The molecule has 0 atom stereocenters. The quantitative estimate of drug-likeness (QED) is 0.800. The molecule has 0 radical (unpaired) electrons. The first-order valence-electron chi connectivity index (χ1n) is 5.13. The fourth-order valence-electron chi connectivity index (χ4n) is 1.64. The largest absolute Gasteiger partial charge is 0.326 e. The number of nitrogens with two attached hydrogens (primary N) is 2. The zero-order valence-corrected chi connectivity index (χ0v) is 8.93.